The molecule has 3 aromatic rings. The first-order valence-corrected chi connectivity index (χ1v) is 10.8. The summed E-state index contributed by atoms with van der Waals surface area (Å²) < 4.78 is 6.58. The number of amides is 1. The highest BCUT2D eigenvalue weighted by Crippen LogP contribution is 2.32. The normalized spacial score (nSPS) is 10.5. The van der Waals surface area contributed by atoms with E-state index in [9.17, 15) is 14.7 Å². The Hall–Kier alpha value is -1.91. The molecule has 0 bridgehead atoms. The quantitative estimate of drug-likeness (QED) is 0.296. The summed E-state index contributed by atoms with van der Waals surface area (Å²) in [5, 5.41) is 15.3. The minimum absolute atomic E-state index is 0.0153. The Balaban J connectivity index is 1.76. The van der Waals surface area contributed by atoms with Crippen LogP contribution in [-0.2, 0) is 0 Å². The van der Waals surface area contributed by atoms with Crippen LogP contribution in [0.5, 0.6) is 0 Å². The highest BCUT2D eigenvalue weighted by molar-refractivity contribution is 9.11. The van der Waals surface area contributed by atoms with E-state index in [0.717, 1.165) is 0 Å². The van der Waals surface area contributed by atoms with E-state index in [0.29, 0.717) is 30.3 Å². The molecule has 1 heterocycles. The second kappa shape index (κ2) is 9.49. The van der Waals surface area contributed by atoms with Gasteiger partial charge in [0.25, 0.3) is 5.91 Å². The number of anilines is 1. The molecule has 11 heteroatoms. The molecule has 3 N–H and O–H groups in total. The third-order valence-corrected chi connectivity index (χ3v) is 5.63. The number of aromatic carboxylic acids is 1. The van der Waals surface area contributed by atoms with Gasteiger partial charge in [-0.25, -0.2) is 4.79 Å². The predicted molar refractivity (Wildman–Crippen MR) is 127 cm³/mol. The number of hydrogen-bond acceptors (Lipinski definition) is 4. The van der Waals surface area contributed by atoms with Crippen molar-refractivity contribution in [1.82, 2.24) is 5.32 Å². The highest BCUT2D eigenvalue weighted by Gasteiger charge is 2.19. The Morgan fingerprint density at radius 3 is 2.50 bits per heavy atom. The highest BCUT2D eigenvalue weighted by atomic mass is 79.9. The zero-order valence-corrected chi connectivity index (χ0v) is 20.1. The van der Waals surface area contributed by atoms with E-state index in [-0.39, 0.29) is 22.1 Å². The molecule has 0 saturated heterocycles. The number of carboxylic acids is 1. The molecule has 30 heavy (non-hydrogen) atoms. The molecule has 0 atom stereocenters. The van der Waals surface area contributed by atoms with E-state index < -0.39 is 11.9 Å². The van der Waals surface area contributed by atoms with Crippen molar-refractivity contribution in [3.05, 3.63) is 72.8 Å². The van der Waals surface area contributed by atoms with Gasteiger partial charge in [-0.15, -0.1) is 0 Å². The molecule has 3 rings (SSSR count). The van der Waals surface area contributed by atoms with Crippen LogP contribution in [0, 0.1) is 0 Å². The van der Waals surface area contributed by atoms with Gasteiger partial charge in [0.05, 0.1) is 16.3 Å². The lowest BCUT2D eigenvalue weighted by molar-refractivity contribution is 0.0697. The van der Waals surface area contributed by atoms with Crippen LogP contribution < -0.4 is 10.6 Å². The number of benzene rings is 2. The van der Waals surface area contributed by atoms with Crippen molar-refractivity contribution in [2.45, 2.75) is 0 Å². The van der Waals surface area contributed by atoms with Gasteiger partial charge in [-0.3, -0.25) is 10.1 Å². The Bertz CT molecular complexity index is 1180. The van der Waals surface area contributed by atoms with Crippen molar-refractivity contribution in [3.63, 3.8) is 0 Å². The van der Waals surface area contributed by atoms with Crippen LogP contribution in [0.3, 0.4) is 0 Å². The maximum absolute atomic E-state index is 12.5. The summed E-state index contributed by atoms with van der Waals surface area (Å²) >= 11 is 23.8. The van der Waals surface area contributed by atoms with Crippen LogP contribution in [-0.4, -0.2) is 22.1 Å². The van der Waals surface area contributed by atoms with Gasteiger partial charge in [0, 0.05) is 19.5 Å². The van der Waals surface area contributed by atoms with Crippen molar-refractivity contribution >= 4 is 90.0 Å². The van der Waals surface area contributed by atoms with Crippen molar-refractivity contribution < 1.29 is 19.1 Å². The maximum atomic E-state index is 12.5. The van der Waals surface area contributed by atoms with E-state index in [4.69, 9.17) is 39.8 Å². The molecule has 6 nitrogen and oxygen atoms in total. The van der Waals surface area contributed by atoms with Gasteiger partial charge in [0.1, 0.15) is 5.76 Å². The van der Waals surface area contributed by atoms with Crippen LogP contribution in [0.2, 0.25) is 10.0 Å². The Morgan fingerprint density at radius 1 is 1.07 bits per heavy atom. The third kappa shape index (κ3) is 5.22. The molecular weight excluding hydrogens is 583 g/mol. The Morgan fingerprint density at radius 2 is 1.80 bits per heavy atom. The molecule has 0 saturated carbocycles. The van der Waals surface area contributed by atoms with Crippen molar-refractivity contribution in [2.24, 2.45) is 0 Å². The number of carbonyl (C=O) groups is 2. The molecule has 0 unspecified atom stereocenters. The zero-order valence-electron chi connectivity index (χ0n) is 14.6. The van der Waals surface area contributed by atoms with Crippen molar-refractivity contribution in [2.75, 3.05) is 5.32 Å². The minimum atomic E-state index is -1.16. The molecule has 0 spiro atoms. The number of rotatable bonds is 4. The SMILES string of the molecule is O=C(NC(=S)Nc1c(Br)cc(Br)cc1C(=O)O)c1ccc(-c2cc(Cl)ccc2Cl)o1. The smallest absolute Gasteiger partial charge is 0.337 e. The van der Waals surface area contributed by atoms with Crippen molar-refractivity contribution in [3.8, 4) is 11.3 Å². The summed E-state index contributed by atoms with van der Waals surface area (Å²) in [5.41, 5.74) is 0.694. The van der Waals surface area contributed by atoms with Crippen LogP contribution in [0.1, 0.15) is 20.9 Å². The lowest BCUT2D eigenvalue weighted by Gasteiger charge is -2.13. The molecule has 1 aromatic heterocycles. The largest absolute Gasteiger partial charge is 0.478 e. The van der Waals surface area contributed by atoms with Gasteiger partial charge < -0.3 is 14.8 Å². The fraction of sp³-hybridized carbons (Fsp3) is 0. The lowest BCUT2D eigenvalue weighted by atomic mass is 10.2. The Kier molecular flexibility index (Phi) is 7.20. The standard InChI is InChI=1S/C19H10Br2Cl2N2O4S/c20-8-5-11(18(27)28)16(12(21)6-8)24-19(30)25-17(26)15-4-3-14(29-15)10-7-9(22)1-2-13(10)23/h1-7H,(H,27,28)(H2,24,25,26,30). The van der Waals surface area contributed by atoms with E-state index in [1.807, 2.05) is 0 Å². The van der Waals surface area contributed by atoms with Gasteiger partial charge in [-0.05, 0) is 70.6 Å². The molecular formula is C19H10Br2Cl2N2O4S. The number of thiocarbonyl (C=S) groups is 1. The van der Waals surface area contributed by atoms with E-state index >= 15 is 0 Å². The topological polar surface area (TPSA) is 91.6 Å². The number of carbonyl (C=O) groups excluding carboxylic acids is 1. The molecule has 0 fully saturated rings. The first-order valence-electron chi connectivity index (χ1n) is 8.05. The fourth-order valence-electron chi connectivity index (χ4n) is 2.47. The average Bonchev–Trinajstić information content (AvgIpc) is 3.15. The summed E-state index contributed by atoms with van der Waals surface area (Å²) in [5.74, 6) is -1.45. The zero-order chi connectivity index (χ0) is 22.0. The van der Waals surface area contributed by atoms with E-state index in [1.54, 1.807) is 30.3 Å². The molecule has 2 aromatic carbocycles. The van der Waals surface area contributed by atoms with Crippen LogP contribution in [0.4, 0.5) is 5.69 Å². The lowest BCUT2D eigenvalue weighted by Crippen LogP contribution is -2.34. The van der Waals surface area contributed by atoms with Crippen molar-refractivity contribution in [1.29, 1.82) is 0 Å². The number of halogens is 4. The summed E-state index contributed by atoms with van der Waals surface area (Å²) in [6.07, 6.45) is 0. The first-order chi connectivity index (χ1) is 14.2. The molecule has 0 aliphatic heterocycles. The molecule has 154 valence electrons. The molecule has 1 amide bonds. The van der Waals surface area contributed by atoms with Crippen LogP contribution in [0.25, 0.3) is 11.3 Å². The van der Waals surface area contributed by atoms with E-state index in [2.05, 4.69) is 42.5 Å². The third-order valence-electron chi connectivity index (χ3n) is 3.77. The van der Waals surface area contributed by atoms with Gasteiger partial charge in [-0.1, -0.05) is 39.1 Å². The number of carboxylic acid groups (broad SMARTS) is 1. The monoisotopic (exact) mass is 590 g/mol. The Labute approximate surface area is 202 Å². The molecule has 0 radical (unpaired) electrons. The van der Waals surface area contributed by atoms with Gasteiger partial charge in [0.15, 0.2) is 10.9 Å². The summed E-state index contributed by atoms with van der Waals surface area (Å²) in [4.78, 5) is 24.0. The number of furan rings is 1. The van der Waals surface area contributed by atoms with Gasteiger partial charge in [-0.2, -0.15) is 0 Å². The second-order valence-corrected chi connectivity index (χ2v) is 8.83. The summed E-state index contributed by atoms with van der Waals surface area (Å²) in [6.45, 7) is 0. The average molecular weight is 593 g/mol. The molecule has 0 aliphatic rings. The first kappa shape index (κ1) is 22.8. The molecule has 0 aliphatic carbocycles. The van der Waals surface area contributed by atoms with E-state index in [1.165, 1.54) is 12.1 Å². The summed E-state index contributed by atoms with van der Waals surface area (Å²) in [7, 11) is 0. The fourth-order valence-corrected chi connectivity index (χ4v) is 4.37. The van der Waals surface area contributed by atoms with Gasteiger partial charge in [0.2, 0.25) is 0 Å². The second-order valence-electron chi connectivity index (χ2n) is 5.81. The maximum Gasteiger partial charge on any atom is 0.337 e. The minimum Gasteiger partial charge on any atom is -0.478 e. The number of nitrogens with one attached hydrogen (secondary N) is 2. The van der Waals surface area contributed by atoms with Crippen LogP contribution in [0.15, 0.2) is 55.8 Å². The summed E-state index contributed by atoms with van der Waals surface area (Å²) in [6, 6.07) is 11.0. The van der Waals surface area contributed by atoms with Gasteiger partial charge >= 0.3 is 5.97 Å². The number of hydrogen-bond donors (Lipinski definition) is 3. The predicted octanol–water partition coefficient (Wildman–Crippen LogP) is 6.60. The van der Waals surface area contributed by atoms with Crippen LogP contribution >= 0.6 is 67.3 Å².